The summed E-state index contributed by atoms with van der Waals surface area (Å²) in [5.41, 5.74) is 0.503. The Morgan fingerprint density at radius 2 is 2.25 bits per heavy atom. The zero-order valence-electron chi connectivity index (χ0n) is 9.85. The fourth-order valence-corrected chi connectivity index (χ4v) is 2.30. The minimum atomic E-state index is 0.503. The van der Waals surface area contributed by atoms with Gasteiger partial charge in [-0.3, -0.25) is 0 Å². The van der Waals surface area contributed by atoms with Crippen molar-refractivity contribution in [1.82, 2.24) is 4.98 Å². The molecule has 0 radical (unpaired) electrons. The van der Waals surface area contributed by atoms with Crippen LogP contribution in [0.2, 0.25) is 0 Å². The van der Waals surface area contributed by atoms with E-state index in [2.05, 4.69) is 29.8 Å². The molecule has 1 aromatic heterocycles. The van der Waals surface area contributed by atoms with Crippen LogP contribution < -0.4 is 4.90 Å². The van der Waals surface area contributed by atoms with Gasteiger partial charge in [-0.1, -0.05) is 13.0 Å². The third-order valence-corrected chi connectivity index (χ3v) is 3.52. The molecule has 0 saturated carbocycles. The van der Waals surface area contributed by atoms with E-state index < -0.39 is 0 Å². The number of rotatable bonds is 1. The van der Waals surface area contributed by atoms with E-state index in [1.807, 2.05) is 12.1 Å². The quantitative estimate of drug-likeness (QED) is 0.723. The van der Waals surface area contributed by atoms with Gasteiger partial charge in [-0.25, -0.2) is 4.98 Å². The Bertz CT molecular complexity index is 408. The first-order valence-electron chi connectivity index (χ1n) is 5.86. The van der Waals surface area contributed by atoms with E-state index in [1.165, 1.54) is 12.8 Å². The maximum atomic E-state index is 8.85. The maximum absolute atomic E-state index is 8.85. The van der Waals surface area contributed by atoms with Crippen LogP contribution in [0.5, 0.6) is 0 Å². The highest BCUT2D eigenvalue weighted by Gasteiger charge is 2.25. The molecular formula is C13H17N3. The van der Waals surface area contributed by atoms with E-state index in [9.17, 15) is 0 Å². The van der Waals surface area contributed by atoms with Gasteiger partial charge in [-0.05, 0) is 37.8 Å². The lowest BCUT2D eigenvalue weighted by Gasteiger charge is -2.38. The number of aromatic nitrogens is 1. The summed E-state index contributed by atoms with van der Waals surface area (Å²) in [5.74, 6) is 1.64. The van der Waals surface area contributed by atoms with Gasteiger partial charge in [0.25, 0.3) is 0 Å². The lowest BCUT2D eigenvalue weighted by molar-refractivity contribution is 0.361. The molecule has 0 spiro atoms. The third kappa shape index (κ3) is 2.01. The van der Waals surface area contributed by atoms with Crippen LogP contribution in [0.1, 0.15) is 32.4 Å². The van der Waals surface area contributed by atoms with Crippen molar-refractivity contribution in [3.63, 3.8) is 0 Å². The van der Waals surface area contributed by atoms with Crippen LogP contribution in [-0.4, -0.2) is 17.6 Å². The van der Waals surface area contributed by atoms with Crippen LogP contribution >= 0.6 is 0 Å². The smallest absolute Gasteiger partial charge is 0.142 e. The lowest BCUT2D eigenvalue weighted by Crippen LogP contribution is -2.42. The molecule has 1 saturated heterocycles. The van der Waals surface area contributed by atoms with Gasteiger partial charge in [-0.15, -0.1) is 0 Å². The van der Waals surface area contributed by atoms with Crippen molar-refractivity contribution < 1.29 is 0 Å². The molecule has 1 aliphatic heterocycles. The fourth-order valence-electron chi connectivity index (χ4n) is 2.30. The Morgan fingerprint density at radius 3 is 3.00 bits per heavy atom. The summed E-state index contributed by atoms with van der Waals surface area (Å²) < 4.78 is 0. The molecule has 3 nitrogen and oxygen atoms in total. The second kappa shape index (κ2) is 4.52. The number of pyridine rings is 1. The van der Waals surface area contributed by atoms with Crippen LogP contribution in [0.3, 0.4) is 0 Å². The van der Waals surface area contributed by atoms with Gasteiger partial charge >= 0.3 is 0 Å². The molecule has 0 bridgehead atoms. The Balaban J connectivity index is 2.26. The first-order valence-corrected chi connectivity index (χ1v) is 5.86. The average molecular weight is 215 g/mol. The van der Waals surface area contributed by atoms with Crippen molar-refractivity contribution in [2.75, 3.05) is 11.4 Å². The van der Waals surface area contributed by atoms with E-state index in [0.717, 1.165) is 12.4 Å². The fraction of sp³-hybridized carbons (Fsp3) is 0.538. The zero-order chi connectivity index (χ0) is 11.5. The highest BCUT2D eigenvalue weighted by Crippen LogP contribution is 2.26. The number of piperidine rings is 1. The summed E-state index contributed by atoms with van der Waals surface area (Å²) in [6, 6.07) is 8.26. The second-order valence-electron chi connectivity index (χ2n) is 4.55. The molecule has 0 N–H and O–H groups in total. The standard InChI is InChI=1S/C13H17N3/c1-10-5-4-8-16(11(10)2)13-7-3-6-12(9-14)15-13/h3,6-7,10-11H,4-5,8H2,1-2H3. The van der Waals surface area contributed by atoms with Crippen molar-refractivity contribution in [3.05, 3.63) is 23.9 Å². The molecule has 84 valence electrons. The number of nitriles is 1. The average Bonchev–Trinajstić information content (AvgIpc) is 2.33. The predicted octanol–water partition coefficient (Wildman–Crippen LogP) is 2.58. The monoisotopic (exact) mass is 215 g/mol. The van der Waals surface area contributed by atoms with Crippen LogP contribution in [-0.2, 0) is 0 Å². The van der Waals surface area contributed by atoms with E-state index in [1.54, 1.807) is 6.07 Å². The van der Waals surface area contributed by atoms with Gasteiger partial charge < -0.3 is 4.90 Å². The molecule has 2 atom stereocenters. The number of anilines is 1. The molecular weight excluding hydrogens is 198 g/mol. The molecule has 0 aliphatic carbocycles. The summed E-state index contributed by atoms with van der Waals surface area (Å²) >= 11 is 0. The van der Waals surface area contributed by atoms with Crippen LogP contribution in [0.15, 0.2) is 18.2 Å². The molecule has 0 amide bonds. The minimum absolute atomic E-state index is 0.503. The Hall–Kier alpha value is -1.56. The SMILES string of the molecule is CC1CCCN(c2cccc(C#N)n2)C1C. The first kappa shape index (κ1) is 10.9. The summed E-state index contributed by atoms with van der Waals surface area (Å²) in [6.45, 7) is 5.57. The topological polar surface area (TPSA) is 39.9 Å². The van der Waals surface area contributed by atoms with Crippen LogP contribution in [0.25, 0.3) is 0 Å². The van der Waals surface area contributed by atoms with Gasteiger partial charge in [0.1, 0.15) is 17.6 Å². The second-order valence-corrected chi connectivity index (χ2v) is 4.55. The Kier molecular flexibility index (Phi) is 3.09. The van der Waals surface area contributed by atoms with Crippen molar-refractivity contribution in [2.24, 2.45) is 5.92 Å². The van der Waals surface area contributed by atoms with Crippen LogP contribution in [0, 0.1) is 17.2 Å². The maximum Gasteiger partial charge on any atom is 0.142 e. The van der Waals surface area contributed by atoms with Crippen molar-refractivity contribution in [1.29, 1.82) is 5.26 Å². The highest BCUT2D eigenvalue weighted by atomic mass is 15.2. The van der Waals surface area contributed by atoms with Crippen molar-refractivity contribution >= 4 is 5.82 Å². The van der Waals surface area contributed by atoms with E-state index in [4.69, 9.17) is 5.26 Å². The Morgan fingerprint density at radius 1 is 1.44 bits per heavy atom. The van der Waals surface area contributed by atoms with Gasteiger partial charge in [0.2, 0.25) is 0 Å². The van der Waals surface area contributed by atoms with Gasteiger partial charge in [0, 0.05) is 12.6 Å². The molecule has 1 fully saturated rings. The predicted molar refractivity (Wildman–Crippen MR) is 64.2 cm³/mol. The third-order valence-electron chi connectivity index (χ3n) is 3.52. The highest BCUT2D eigenvalue weighted by molar-refractivity contribution is 5.43. The number of nitrogens with zero attached hydrogens (tertiary/aromatic N) is 3. The molecule has 0 aromatic carbocycles. The summed E-state index contributed by atoms with van der Waals surface area (Å²) in [5, 5.41) is 8.85. The van der Waals surface area contributed by atoms with Crippen molar-refractivity contribution in [3.8, 4) is 6.07 Å². The molecule has 2 rings (SSSR count). The molecule has 2 heterocycles. The molecule has 2 unspecified atom stereocenters. The first-order chi connectivity index (χ1) is 7.72. The Labute approximate surface area is 96.7 Å². The number of hydrogen-bond acceptors (Lipinski definition) is 3. The number of hydrogen-bond donors (Lipinski definition) is 0. The van der Waals surface area contributed by atoms with E-state index in [0.29, 0.717) is 17.7 Å². The van der Waals surface area contributed by atoms with Gasteiger partial charge in [-0.2, -0.15) is 5.26 Å². The van der Waals surface area contributed by atoms with E-state index >= 15 is 0 Å². The molecule has 3 heteroatoms. The normalized spacial score (nSPS) is 25.2. The summed E-state index contributed by atoms with van der Waals surface area (Å²) in [6.07, 6.45) is 2.50. The molecule has 16 heavy (non-hydrogen) atoms. The van der Waals surface area contributed by atoms with Gasteiger partial charge in [0.05, 0.1) is 0 Å². The largest absolute Gasteiger partial charge is 0.354 e. The van der Waals surface area contributed by atoms with Crippen molar-refractivity contribution in [2.45, 2.75) is 32.7 Å². The van der Waals surface area contributed by atoms with Gasteiger partial charge in [0.15, 0.2) is 0 Å². The minimum Gasteiger partial charge on any atom is -0.354 e. The summed E-state index contributed by atoms with van der Waals surface area (Å²) in [7, 11) is 0. The lowest BCUT2D eigenvalue weighted by atomic mass is 9.92. The van der Waals surface area contributed by atoms with E-state index in [-0.39, 0.29) is 0 Å². The van der Waals surface area contributed by atoms with Crippen LogP contribution in [0.4, 0.5) is 5.82 Å². The summed E-state index contributed by atoms with van der Waals surface area (Å²) in [4.78, 5) is 6.68. The molecule has 1 aromatic rings. The zero-order valence-corrected chi connectivity index (χ0v) is 9.85. The molecule has 1 aliphatic rings.